The summed E-state index contributed by atoms with van der Waals surface area (Å²) in [4.78, 5) is 37.6. The molecule has 0 fully saturated rings. The zero-order valence-electron chi connectivity index (χ0n) is 57.7. The van der Waals surface area contributed by atoms with Gasteiger partial charge in [-0.25, -0.2) is 4.79 Å². The minimum Gasteiger partial charge on any atom is -0.477 e. The van der Waals surface area contributed by atoms with E-state index in [1.807, 2.05) is 21.1 Å². The summed E-state index contributed by atoms with van der Waals surface area (Å²) >= 11 is 0. The number of likely N-dealkylation sites (N-methyl/N-ethyl adjacent to an activating group) is 1. The van der Waals surface area contributed by atoms with Crippen molar-refractivity contribution in [3.05, 3.63) is 85.1 Å². The van der Waals surface area contributed by atoms with Crippen LogP contribution in [0.25, 0.3) is 0 Å². The maximum Gasteiger partial charge on any atom is 0.361 e. The van der Waals surface area contributed by atoms with E-state index in [-0.39, 0.29) is 32.2 Å². The molecule has 0 saturated carbocycles. The first-order valence-corrected chi connectivity index (χ1v) is 36.8. The monoisotopic (exact) mass is 1220 g/mol. The first kappa shape index (κ1) is 83.5. The molecule has 9 heteroatoms. The number of nitrogens with zero attached hydrogens (tertiary/aromatic N) is 1. The minimum atomic E-state index is -1.52. The van der Waals surface area contributed by atoms with Gasteiger partial charge in [-0.3, -0.25) is 9.59 Å². The Bertz CT molecular complexity index is 1700. The Kier molecular flexibility index (Phi) is 65.6. The summed E-state index contributed by atoms with van der Waals surface area (Å²) in [7, 11) is 5.98. The SMILES string of the molecule is CC/C=C\C/C=C\C/C=C\C/C=C\C/C=C\CCCCCCCCCCCC(=O)OC(COC(=O)CCCCCCCCCCCCCCCCCCCCCCCCCCC/C=C\C/C=C\CCCCCCC)COC(OCC[N+](C)(C)C)C(=O)O. The van der Waals surface area contributed by atoms with Crippen LogP contribution in [0, 0.1) is 0 Å². The summed E-state index contributed by atoms with van der Waals surface area (Å²) in [6.45, 7) is 4.78. The van der Waals surface area contributed by atoms with E-state index >= 15 is 0 Å². The molecule has 504 valence electrons. The second-order valence-electron chi connectivity index (χ2n) is 25.9. The van der Waals surface area contributed by atoms with Crippen molar-refractivity contribution in [3.63, 3.8) is 0 Å². The molecular formula is C78H140NO8+. The summed E-state index contributed by atoms with van der Waals surface area (Å²) in [5, 5.41) is 9.75. The first-order chi connectivity index (χ1) is 42.6. The lowest BCUT2D eigenvalue weighted by molar-refractivity contribution is -0.870. The predicted octanol–water partition coefficient (Wildman–Crippen LogP) is 23.0. The maximum absolute atomic E-state index is 12.9. The minimum absolute atomic E-state index is 0.185. The van der Waals surface area contributed by atoms with E-state index in [2.05, 4.69) is 98.9 Å². The van der Waals surface area contributed by atoms with Crippen LogP contribution in [0.4, 0.5) is 0 Å². The number of hydrogen-bond acceptors (Lipinski definition) is 7. The van der Waals surface area contributed by atoms with Crippen molar-refractivity contribution >= 4 is 17.9 Å². The molecule has 0 aromatic rings. The van der Waals surface area contributed by atoms with Gasteiger partial charge >= 0.3 is 17.9 Å². The topological polar surface area (TPSA) is 108 Å². The second kappa shape index (κ2) is 68.4. The summed E-state index contributed by atoms with van der Waals surface area (Å²) in [6.07, 6.45) is 90.0. The third-order valence-electron chi connectivity index (χ3n) is 16.1. The molecule has 0 aliphatic heterocycles. The number of carbonyl (C=O) groups excluding carboxylic acids is 2. The molecule has 2 unspecified atom stereocenters. The molecule has 2 atom stereocenters. The van der Waals surface area contributed by atoms with Gasteiger partial charge in [0.05, 0.1) is 34.4 Å². The number of hydrogen-bond donors (Lipinski definition) is 1. The van der Waals surface area contributed by atoms with Gasteiger partial charge in [-0.05, 0) is 89.9 Å². The van der Waals surface area contributed by atoms with Crippen LogP contribution in [0.3, 0.4) is 0 Å². The Morgan fingerprint density at radius 2 is 0.655 bits per heavy atom. The molecule has 87 heavy (non-hydrogen) atoms. The van der Waals surface area contributed by atoms with E-state index in [1.54, 1.807) is 0 Å². The second-order valence-corrected chi connectivity index (χ2v) is 25.9. The highest BCUT2D eigenvalue weighted by atomic mass is 16.7. The van der Waals surface area contributed by atoms with Crippen molar-refractivity contribution in [3.8, 4) is 0 Å². The van der Waals surface area contributed by atoms with Gasteiger partial charge in [-0.2, -0.15) is 0 Å². The van der Waals surface area contributed by atoms with Crippen LogP contribution in [0.15, 0.2) is 85.1 Å². The molecule has 0 aliphatic rings. The van der Waals surface area contributed by atoms with Gasteiger partial charge in [-0.15, -0.1) is 0 Å². The van der Waals surface area contributed by atoms with Gasteiger partial charge in [0.15, 0.2) is 6.10 Å². The highest BCUT2D eigenvalue weighted by molar-refractivity contribution is 5.71. The highest BCUT2D eigenvalue weighted by Gasteiger charge is 2.25. The fraction of sp³-hybridized carbons (Fsp3) is 0.782. The Morgan fingerprint density at radius 1 is 0.356 bits per heavy atom. The Morgan fingerprint density at radius 3 is 0.977 bits per heavy atom. The number of quaternary nitrogens is 1. The smallest absolute Gasteiger partial charge is 0.361 e. The molecule has 1 N–H and O–H groups in total. The third-order valence-corrected chi connectivity index (χ3v) is 16.1. The number of unbranched alkanes of at least 4 members (excludes halogenated alkanes) is 39. The van der Waals surface area contributed by atoms with Crippen LogP contribution in [0.2, 0.25) is 0 Å². The zero-order valence-corrected chi connectivity index (χ0v) is 57.7. The number of esters is 2. The van der Waals surface area contributed by atoms with Crippen LogP contribution in [0.5, 0.6) is 0 Å². The van der Waals surface area contributed by atoms with E-state index in [1.165, 1.54) is 218 Å². The van der Waals surface area contributed by atoms with Crippen molar-refractivity contribution in [1.82, 2.24) is 0 Å². The molecule has 9 nitrogen and oxygen atoms in total. The Labute approximate surface area is 538 Å². The highest BCUT2D eigenvalue weighted by Crippen LogP contribution is 2.18. The molecule has 0 aromatic carbocycles. The quantitative estimate of drug-likeness (QED) is 0.0211. The van der Waals surface area contributed by atoms with Crippen molar-refractivity contribution in [2.75, 3.05) is 47.5 Å². The van der Waals surface area contributed by atoms with E-state index in [0.29, 0.717) is 23.9 Å². The van der Waals surface area contributed by atoms with Gasteiger partial charge < -0.3 is 28.5 Å². The lowest BCUT2D eigenvalue weighted by Crippen LogP contribution is -2.40. The summed E-state index contributed by atoms with van der Waals surface area (Å²) in [6, 6.07) is 0. The molecule has 0 heterocycles. The molecule has 0 aromatic heterocycles. The molecule has 0 amide bonds. The average Bonchev–Trinajstić information content (AvgIpc) is 3.59. The normalized spacial score (nSPS) is 13.2. The molecule has 0 radical (unpaired) electrons. The molecule has 0 saturated heterocycles. The molecular weight excluding hydrogens is 1080 g/mol. The van der Waals surface area contributed by atoms with Crippen molar-refractivity contribution in [2.24, 2.45) is 0 Å². The number of allylic oxidation sites excluding steroid dienone is 14. The van der Waals surface area contributed by atoms with Gasteiger partial charge in [0, 0.05) is 12.8 Å². The largest absolute Gasteiger partial charge is 0.477 e. The molecule has 0 rings (SSSR count). The van der Waals surface area contributed by atoms with E-state index in [9.17, 15) is 19.5 Å². The predicted molar refractivity (Wildman–Crippen MR) is 373 cm³/mol. The lowest BCUT2D eigenvalue weighted by atomic mass is 10.0. The number of carboxylic acid groups (broad SMARTS) is 1. The van der Waals surface area contributed by atoms with Crippen LogP contribution < -0.4 is 0 Å². The van der Waals surface area contributed by atoms with Crippen molar-refractivity contribution in [2.45, 2.75) is 347 Å². The van der Waals surface area contributed by atoms with Gasteiger partial charge in [-0.1, -0.05) is 317 Å². The number of aliphatic carboxylic acids is 1. The Hall–Kier alpha value is -3.53. The van der Waals surface area contributed by atoms with E-state index < -0.39 is 24.3 Å². The maximum atomic E-state index is 12.9. The summed E-state index contributed by atoms with van der Waals surface area (Å²) in [5.74, 6) is -2.00. The lowest BCUT2D eigenvalue weighted by Gasteiger charge is -2.25. The van der Waals surface area contributed by atoms with Crippen LogP contribution >= 0.6 is 0 Å². The zero-order chi connectivity index (χ0) is 63.3. The van der Waals surface area contributed by atoms with E-state index in [4.69, 9.17) is 18.9 Å². The first-order valence-electron chi connectivity index (χ1n) is 36.8. The molecule has 0 aliphatic carbocycles. The summed E-state index contributed by atoms with van der Waals surface area (Å²) < 4.78 is 23.0. The van der Waals surface area contributed by atoms with Gasteiger partial charge in [0.25, 0.3) is 6.29 Å². The average molecular weight is 1220 g/mol. The van der Waals surface area contributed by atoms with Gasteiger partial charge in [0.2, 0.25) is 0 Å². The van der Waals surface area contributed by atoms with Crippen LogP contribution in [0.1, 0.15) is 335 Å². The fourth-order valence-corrected chi connectivity index (χ4v) is 10.5. The van der Waals surface area contributed by atoms with Crippen molar-refractivity contribution < 1.29 is 42.9 Å². The third kappa shape index (κ3) is 69.8. The molecule has 0 spiro atoms. The Balaban J connectivity index is 4.03. The standard InChI is InChI=1S/C78H139NO8/c1-6-8-10-12-14-16-18-20-22-24-26-28-30-32-33-34-35-36-37-38-39-40-41-42-43-45-46-48-50-52-54-56-58-60-62-64-66-68-75(80)85-72-74(73-86-78(77(82)83)84-71-70-79(3,4)5)87-76(81)69-67-65-63-61-59-57-55-53-51-49-47-44-31-29-27-25-23-21-19-17-15-13-11-9-7-2/h9,11,15,17-18,20-21,23-24,26-27,29,44,47,74,78H,6-8,10,12-14,16,19,22,25,28,30-43,45-46,48-73H2,1-5H3/p+1/b11-9-,17-15-,20-18-,23-21-,26-24-,29-27-,47-44-. The molecule has 0 bridgehead atoms. The van der Waals surface area contributed by atoms with E-state index in [0.717, 1.165) is 83.5 Å². The van der Waals surface area contributed by atoms with Crippen LogP contribution in [-0.2, 0) is 33.3 Å². The number of ether oxygens (including phenoxy) is 4. The number of rotatable bonds is 68. The van der Waals surface area contributed by atoms with Gasteiger partial charge in [0.1, 0.15) is 13.2 Å². The fourth-order valence-electron chi connectivity index (χ4n) is 10.5. The van der Waals surface area contributed by atoms with Crippen LogP contribution in [-0.4, -0.2) is 87.4 Å². The number of carboxylic acids is 1. The summed E-state index contributed by atoms with van der Waals surface area (Å²) in [5.41, 5.74) is 0. The van der Waals surface area contributed by atoms with Crippen molar-refractivity contribution in [1.29, 1.82) is 0 Å². The number of carbonyl (C=O) groups is 3.